The van der Waals surface area contributed by atoms with Crippen molar-refractivity contribution < 1.29 is 9.57 Å². The number of aromatic nitrogens is 2. The van der Waals surface area contributed by atoms with Gasteiger partial charge in [0.25, 0.3) is 0 Å². The van der Waals surface area contributed by atoms with Gasteiger partial charge in [-0.25, -0.2) is 4.98 Å². The Morgan fingerprint density at radius 2 is 1.90 bits per heavy atom. The predicted molar refractivity (Wildman–Crippen MR) is 124 cm³/mol. The molecule has 0 saturated heterocycles. The highest BCUT2D eigenvalue weighted by atomic mass is 79.9. The molecule has 2 heterocycles. The summed E-state index contributed by atoms with van der Waals surface area (Å²) in [4.78, 5) is 9.92. The first kappa shape index (κ1) is 20.7. The fourth-order valence-corrected chi connectivity index (χ4v) is 4.28. The van der Waals surface area contributed by atoms with Gasteiger partial charge in [-0.05, 0) is 55.0 Å². The van der Waals surface area contributed by atoms with Crippen molar-refractivity contribution in [2.24, 2.45) is 10.6 Å². The Morgan fingerprint density at radius 3 is 2.53 bits per heavy atom. The number of oxime groups is 1. The number of fused-ring (bicyclic) bond motifs is 1. The summed E-state index contributed by atoms with van der Waals surface area (Å²) in [5.74, 6) is 0.601. The smallest absolute Gasteiger partial charge is 0.213 e. The van der Waals surface area contributed by atoms with Crippen molar-refractivity contribution in [3.63, 3.8) is 0 Å². The molecule has 0 saturated carbocycles. The highest BCUT2D eigenvalue weighted by Crippen LogP contribution is 2.40. The number of hydrogen-bond acceptors (Lipinski definition) is 4. The van der Waals surface area contributed by atoms with Crippen LogP contribution in [0.2, 0.25) is 0 Å². The van der Waals surface area contributed by atoms with Gasteiger partial charge in [-0.2, -0.15) is 0 Å². The molecule has 0 amide bonds. The van der Waals surface area contributed by atoms with Crippen molar-refractivity contribution in [3.05, 3.63) is 64.4 Å². The summed E-state index contributed by atoms with van der Waals surface area (Å²) in [6.45, 7) is 7.07. The zero-order valence-electron chi connectivity index (χ0n) is 17.8. The van der Waals surface area contributed by atoms with Crippen molar-refractivity contribution in [2.75, 3.05) is 13.7 Å². The summed E-state index contributed by atoms with van der Waals surface area (Å²) in [5, 5.41) is 4.48. The number of methoxy groups -OCH3 is 1. The van der Waals surface area contributed by atoms with Crippen LogP contribution in [0.3, 0.4) is 0 Å². The van der Waals surface area contributed by atoms with E-state index in [1.165, 1.54) is 5.69 Å². The standard InChI is InChI=1S/C24H26BrN3O2/c1-5-30-27-20-13-24(2,3)14-22-19(20)12-21(16-6-8-17(25)9-7-16)28(22)18-10-11-23(29-4)26-15-18/h6-12,15H,5,13-14H2,1-4H3/b27-20-. The molecule has 30 heavy (non-hydrogen) atoms. The van der Waals surface area contributed by atoms with Gasteiger partial charge in [-0.15, -0.1) is 0 Å². The van der Waals surface area contributed by atoms with Crippen LogP contribution in [-0.4, -0.2) is 29.0 Å². The number of ether oxygens (including phenoxy) is 1. The molecule has 1 aromatic carbocycles. The second-order valence-corrected chi connectivity index (χ2v) is 9.18. The lowest BCUT2D eigenvalue weighted by molar-refractivity contribution is 0.156. The van der Waals surface area contributed by atoms with E-state index < -0.39 is 0 Å². The van der Waals surface area contributed by atoms with Crippen LogP contribution in [0.5, 0.6) is 5.88 Å². The van der Waals surface area contributed by atoms with Gasteiger partial charge in [0.05, 0.1) is 30.4 Å². The number of halogens is 1. The topological polar surface area (TPSA) is 48.6 Å². The van der Waals surface area contributed by atoms with E-state index in [0.29, 0.717) is 12.5 Å². The first-order valence-corrected chi connectivity index (χ1v) is 10.9. The minimum atomic E-state index is 0.0793. The molecule has 156 valence electrons. The molecule has 1 aliphatic rings. The Bertz CT molecular complexity index is 1070. The average Bonchev–Trinajstić information content (AvgIpc) is 3.10. The number of nitrogens with zero attached hydrogens (tertiary/aromatic N) is 3. The Kier molecular flexibility index (Phi) is 5.69. The molecule has 0 aliphatic heterocycles. The van der Waals surface area contributed by atoms with Crippen LogP contribution in [0.25, 0.3) is 16.9 Å². The third-order valence-electron chi connectivity index (χ3n) is 5.34. The highest BCUT2D eigenvalue weighted by Gasteiger charge is 2.34. The largest absolute Gasteiger partial charge is 0.481 e. The van der Waals surface area contributed by atoms with Crippen LogP contribution in [0.15, 0.2) is 58.3 Å². The van der Waals surface area contributed by atoms with Gasteiger partial charge in [-0.1, -0.05) is 47.1 Å². The molecule has 0 unspecified atom stereocenters. The second-order valence-electron chi connectivity index (χ2n) is 8.26. The summed E-state index contributed by atoms with van der Waals surface area (Å²) < 4.78 is 8.61. The van der Waals surface area contributed by atoms with Gasteiger partial charge >= 0.3 is 0 Å². The molecule has 3 aromatic rings. The molecule has 2 aromatic heterocycles. The van der Waals surface area contributed by atoms with E-state index in [1.807, 2.05) is 19.2 Å². The van der Waals surface area contributed by atoms with Gasteiger partial charge in [0.15, 0.2) is 0 Å². The summed E-state index contributed by atoms with van der Waals surface area (Å²) in [7, 11) is 1.63. The van der Waals surface area contributed by atoms with Crippen LogP contribution in [-0.2, 0) is 11.3 Å². The molecule has 6 heteroatoms. The van der Waals surface area contributed by atoms with Crippen LogP contribution in [0.1, 0.15) is 38.4 Å². The molecule has 0 radical (unpaired) electrons. The molecule has 0 N–H and O–H groups in total. The Hall–Kier alpha value is -2.60. The quantitative estimate of drug-likeness (QED) is 0.430. The number of hydrogen-bond donors (Lipinski definition) is 0. The zero-order valence-corrected chi connectivity index (χ0v) is 19.4. The van der Waals surface area contributed by atoms with Gasteiger partial charge in [0.1, 0.15) is 6.61 Å². The van der Waals surface area contributed by atoms with Crippen LogP contribution >= 0.6 is 15.9 Å². The lowest BCUT2D eigenvalue weighted by Crippen LogP contribution is -2.28. The van der Waals surface area contributed by atoms with Gasteiger partial charge in [0, 0.05) is 21.8 Å². The fraction of sp³-hybridized carbons (Fsp3) is 0.333. The summed E-state index contributed by atoms with van der Waals surface area (Å²) in [5.41, 5.74) is 6.71. The van der Waals surface area contributed by atoms with Crippen LogP contribution in [0, 0.1) is 5.41 Å². The van der Waals surface area contributed by atoms with Gasteiger partial charge < -0.3 is 14.1 Å². The van der Waals surface area contributed by atoms with Crippen LogP contribution < -0.4 is 4.74 Å². The Labute approximate surface area is 185 Å². The molecule has 0 spiro atoms. The maximum Gasteiger partial charge on any atom is 0.213 e. The lowest BCUT2D eigenvalue weighted by Gasteiger charge is -2.31. The van der Waals surface area contributed by atoms with E-state index >= 15 is 0 Å². The van der Waals surface area contributed by atoms with Crippen molar-refractivity contribution in [3.8, 4) is 22.8 Å². The summed E-state index contributed by atoms with van der Waals surface area (Å²) >= 11 is 3.54. The molecule has 0 bridgehead atoms. The van der Waals surface area contributed by atoms with E-state index in [-0.39, 0.29) is 5.41 Å². The molecule has 0 atom stereocenters. The number of pyridine rings is 1. The third kappa shape index (κ3) is 4.01. The molecule has 0 fully saturated rings. The Balaban J connectivity index is 1.96. The van der Waals surface area contributed by atoms with Crippen LogP contribution in [0.4, 0.5) is 0 Å². The van der Waals surface area contributed by atoms with E-state index in [1.54, 1.807) is 7.11 Å². The molecular formula is C24H26BrN3O2. The van der Waals surface area contributed by atoms with Crippen molar-refractivity contribution >= 4 is 21.6 Å². The minimum absolute atomic E-state index is 0.0793. The average molecular weight is 468 g/mol. The Morgan fingerprint density at radius 1 is 1.13 bits per heavy atom. The molecule has 5 nitrogen and oxygen atoms in total. The molecule has 1 aliphatic carbocycles. The van der Waals surface area contributed by atoms with E-state index in [0.717, 1.165) is 45.5 Å². The predicted octanol–water partition coefficient (Wildman–Crippen LogP) is 6.02. The maximum absolute atomic E-state index is 5.47. The van der Waals surface area contributed by atoms with Gasteiger partial charge in [-0.3, -0.25) is 0 Å². The molecule has 4 rings (SSSR count). The van der Waals surface area contributed by atoms with Gasteiger partial charge in [0.2, 0.25) is 5.88 Å². The first-order valence-electron chi connectivity index (χ1n) is 10.1. The third-order valence-corrected chi connectivity index (χ3v) is 5.87. The van der Waals surface area contributed by atoms with E-state index in [4.69, 9.17) is 9.57 Å². The summed E-state index contributed by atoms with van der Waals surface area (Å²) in [6.07, 6.45) is 3.68. The minimum Gasteiger partial charge on any atom is -0.481 e. The van der Waals surface area contributed by atoms with Crippen molar-refractivity contribution in [2.45, 2.75) is 33.6 Å². The number of rotatable bonds is 5. The van der Waals surface area contributed by atoms with Crippen molar-refractivity contribution in [1.82, 2.24) is 9.55 Å². The van der Waals surface area contributed by atoms with Crippen molar-refractivity contribution in [1.29, 1.82) is 0 Å². The maximum atomic E-state index is 5.47. The normalized spacial score (nSPS) is 16.4. The zero-order chi connectivity index (χ0) is 21.3. The first-order chi connectivity index (χ1) is 14.4. The SMILES string of the molecule is CCO/N=C1/CC(C)(C)Cc2c1cc(-c1ccc(Br)cc1)n2-c1ccc(OC)nc1. The monoisotopic (exact) mass is 467 g/mol. The lowest BCUT2D eigenvalue weighted by atomic mass is 9.76. The second kappa shape index (κ2) is 8.26. The highest BCUT2D eigenvalue weighted by molar-refractivity contribution is 9.10. The van der Waals surface area contributed by atoms with E-state index in [2.05, 4.69) is 80.9 Å². The summed E-state index contributed by atoms with van der Waals surface area (Å²) in [6, 6.07) is 14.6. The number of benzene rings is 1. The van der Waals surface area contributed by atoms with E-state index in [9.17, 15) is 0 Å². The molecular weight excluding hydrogens is 442 g/mol. The fourth-order valence-electron chi connectivity index (χ4n) is 4.02.